The predicted molar refractivity (Wildman–Crippen MR) is 128 cm³/mol. The Morgan fingerprint density at radius 3 is 2.53 bits per heavy atom. The number of carbonyl (C=O) groups excluding carboxylic acids is 2. The lowest BCUT2D eigenvalue weighted by molar-refractivity contribution is -0.384. The molecular weight excluding hydrogens is 436 g/mol. The third-order valence-corrected chi connectivity index (χ3v) is 6.19. The summed E-state index contributed by atoms with van der Waals surface area (Å²) in [6.07, 6.45) is 4.18. The van der Waals surface area contributed by atoms with Crippen LogP contribution in [0.25, 0.3) is 0 Å². The molecule has 0 saturated heterocycles. The average molecular weight is 465 g/mol. The molecule has 1 heterocycles. The van der Waals surface area contributed by atoms with E-state index in [0.717, 1.165) is 49.1 Å². The first-order valence-corrected chi connectivity index (χ1v) is 11.7. The number of rotatable bonds is 6. The average Bonchev–Trinajstić information content (AvgIpc) is 2.96. The number of nitrogens with one attached hydrogen (secondary N) is 1. The molecule has 0 spiro atoms. The summed E-state index contributed by atoms with van der Waals surface area (Å²) in [7, 11) is 0. The number of carbonyl (C=O) groups is 2. The van der Waals surface area contributed by atoms with Crippen LogP contribution >= 0.6 is 0 Å². The number of nitrogens with zero attached hydrogens (tertiary/aromatic N) is 3. The highest BCUT2D eigenvalue weighted by Gasteiger charge is 2.35. The minimum Gasteiger partial charge on any atom is -0.410 e. The van der Waals surface area contributed by atoms with Crippen molar-refractivity contribution >= 4 is 29.1 Å². The molecule has 1 N–H and O–H groups in total. The van der Waals surface area contributed by atoms with Crippen molar-refractivity contribution in [3.8, 4) is 5.75 Å². The van der Waals surface area contributed by atoms with E-state index >= 15 is 0 Å². The molecule has 1 fully saturated rings. The van der Waals surface area contributed by atoms with Gasteiger partial charge >= 0.3 is 6.09 Å². The number of aliphatic imine (C=N–C) groups is 1. The van der Waals surface area contributed by atoms with Crippen LogP contribution < -0.4 is 15.0 Å². The number of amides is 2. The van der Waals surface area contributed by atoms with E-state index in [1.165, 1.54) is 30.7 Å². The van der Waals surface area contributed by atoms with Gasteiger partial charge < -0.3 is 9.64 Å². The highest BCUT2D eigenvalue weighted by Crippen LogP contribution is 2.34. The van der Waals surface area contributed by atoms with Crippen LogP contribution in [-0.2, 0) is 4.79 Å². The molecule has 0 unspecified atom stereocenters. The Hall–Kier alpha value is -3.75. The van der Waals surface area contributed by atoms with Crippen molar-refractivity contribution in [3.63, 3.8) is 0 Å². The van der Waals surface area contributed by atoms with Crippen LogP contribution in [0.1, 0.15) is 51.0 Å². The number of benzodiazepines with no additional fused rings is 1. The first-order chi connectivity index (χ1) is 16.5. The van der Waals surface area contributed by atoms with Gasteiger partial charge in [0, 0.05) is 30.2 Å². The standard InChI is InChI=1S/C25H28N4O5/c1-2-16-28-21-11-7-6-10-20(21)22(17-8-4-3-5-9-17)26-23(24(28)30)27-25(31)34-19-14-12-18(13-15-19)29(32)33/h6-7,10-15,17,23H,2-5,8-9,16H2,1H3,(H,27,31)/t23-/m1/s1. The summed E-state index contributed by atoms with van der Waals surface area (Å²) in [4.78, 5) is 43.0. The molecule has 2 aromatic carbocycles. The Morgan fingerprint density at radius 2 is 1.85 bits per heavy atom. The van der Waals surface area contributed by atoms with E-state index < -0.39 is 17.2 Å². The van der Waals surface area contributed by atoms with Gasteiger partial charge in [-0.3, -0.25) is 25.2 Å². The Labute approximate surface area is 198 Å². The maximum Gasteiger partial charge on any atom is 0.414 e. The summed E-state index contributed by atoms with van der Waals surface area (Å²) in [6, 6.07) is 12.9. The molecule has 4 rings (SSSR count). The van der Waals surface area contributed by atoms with Gasteiger partial charge in [-0.05, 0) is 37.5 Å². The monoisotopic (exact) mass is 464 g/mol. The quantitative estimate of drug-likeness (QED) is 0.485. The van der Waals surface area contributed by atoms with Gasteiger partial charge in [-0.25, -0.2) is 4.79 Å². The molecule has 9 nitrogen and oxygen atoms in total. The van der Waals surface area contributed by atoms with E-state index in [1.807, 2.05) is 31.2 Å². The highest BCUT2D eigenvalue weighted by atomic mass is 16.6. The fourth-order valence-electron chi connectivity index (χ4n) is 4.59. The van der Waals surface area contributed by atoms with E-state index in [1.54, 1.807) is 4.90 Å². The summed E-state index contributed by atoms with van der Waals surface area (Å²) in [6.45, 7) is 2.49. The number of anilines is 1. The van der Waals surface area contributed by atoms with Crippen molar-refractivity contribution in [1.82, 2.24) is 5.32 Å². The second-order valence-electron chi connectivity index (χ2n) is 8.54. The van der Waals surface area contributed by atoms with Gasteiger partial charge in [-0.2, -0.15) is 0 Å². The first kappa shape index (κ1) is 23.4. The van der Waals surface area contributed by atoms with Crippen LogP contribution in [0.3, 0.4) is 0 Å². The summed E-state index contributed by atoms with van der Waals surface area (Å²) in [5, 5.41) is 13.4. The minimum absolute atomic E-state index is 0.110. The minimum atomic E-state index is -1.12. The molecule has 2 amide bonds. The Bertz CT molecular complexity index is 1090. The van der Waals surface area contributed by atoms with Gasteiger partial charge in [-0.1, -0.05) is 44.4 Å². The normalized spacial score (nSPS) is 18.5. The zero-order chi connectivity index (χ0) is 24.1. The molecular formula is C25H28N4O5. The third-order valence-electron chi connectivity index (χ3n) is 6.19. The smallest absolute Gasteiger partial charge is 0.410 e. The second-order valence-corrected chi connectivity index (χ2v) is 8.54. The molecule has 178 valence electrons. The lowest BCUT2D eigenvalue weighted by Gasteiger charge is -2.26. The predicted octanol–water partition coefficient (Wildman–Crippen LogP) is 4.84. The van der Waals surface area contributed by atoms with Crippen molar-refractivity contribution < 1.29 is 19.2 Å². The number of hydrogen-bond donors (Lipinski definition) is 1. The van der Waals surface area contributed by atoms with E-state index in [9.17, 15) is 19.7 Å². The number of hydrogen-bond acceptors (Lipinski definition) is 6. The molecule has 2 aliphatic rings. The lowest BCUT2D eigenvalue weighted by Crippen LogP contribution is -2.48. The molecule has 34 heavy (non-hydrogen) atoms. The maximum atomic E-state index is 13.5. The SMILES string of the molecule is CCCN1C(=O)[C@@H](NC(=O)Oc2ccc([N+](=O)[O-])cc2)N=C(C2CCCCC2)c2ccccc21. The molecule has 1 aliphatic heterocycles. The molecule has 1 saturated carbocycles. The van der Waals surface area contributed by atoms with Crippen LogP contribution in [0.5, 0.6) is 5.75 Å². The number of fused-ring (bicyclic) bond motifs is 1. The number of para-hydroxylation sites is 1. The molecule has 1 atom stereocenters. The van der Waals surface area contributed by atoms with Crippen LogP contribution in [-0.4, -0.2) is 35.3 Å². The van der Waals surface area contributed by atoms with Gasteiger partial charge in [0.2, 0.25) is 6.17 Å². The number of non-ortho nitro benzene ring substituents is 1. The highest BCUT2D eigenvalue weighted by molar-refractivity contribution is 6.14. The van der Waals surface area contributed by atoms with Gasteiger partial charge in [-0.15, -0.1) is 0 Å². The summed E-state index contributed by atoms with van der Waals surface area (Å²) < 4.78 is 5.28. The number of ether oxygens (including phenoxy) is 1. The Balaban J connectivity index is 1.62. The maximum absolute atomic E-state index is 13.5. The zero-order valence-electron chi connectivity index (χ0n) is 19.1. The van der Waals surface area contributed by atoms with Crippen LogP contribution in [0.15, 0.2) is 53.5 Å². The molecule has 0 radical (unpaired) electrons. The zero-order valence-corrected chi connectivity index (χ0v) is 19.1. The number of benzene rings is 2. The van der Waals surface area contributed by atoms with Crippen molar-refractivity contribution in [3.05, 3.63) is 64.2 Å². The van der Waals surface area contributed by atoms with Crippen molar-refractivity contribution in [2.24, 2.45) is 10.9 Å². The van der Waals surface area contributed by atoms with E-state index in [-0.39, 0.29) is 23.3 Å². The number of nitro groups is 1. The molecule has 0 aromatic heterocycles. The van der Waals surface area contributed by atoms with E-state index in [2.05, 4.69) is 5.32 Å². The van der Waals surface area contributed by atoms with E-state index in [0.29, 0.717) is 6.54 Å². The fourth-order valence-corrected chi connectivity index (χ4v) is 4.59. The van der Waals surface area contributed by atoms with Crippen LogP contribution in [0.4, 0.5) is 16.2 Å². The van der Waals surface area contributed by atoms with E-state index in [4.69, 9.17) is 9.73 Å². The van der Waals surface area contributed by atoms with Crippen molar-refractivity contribution in [1.29, 1.82) is 0 Å². The lowest BCUT2D eigenvalue weighted by atomic mass is 9.83. The second kappa shape index (κ2) is 10.5. The fraction of sp³-hybridized carbons (Fsp3) is 0.400. The third kappa shape index (κ3) is 5.08. The van der Waals surface area contributed by atoms with Crippen LogP contribution in [0.2, 0.25) is 0 Å². The largest absolute Gasteiger partial charge is 0.414 e. The molecule has 9 heteroatoms. The summed E-state index contributed by atoms with van der Waals surface area (Å²) in [5.74, 6) is 0.0365. The summed E-state index contributed by atoms with van der Waals surface area (Å²) >= 11 is 0. The first-order valence-electron chi connectivity index (χ1n) is 11.7. The van der Waals surface area contributed by atoms with Crippen LogP contribution in [0, 0.1) is 16.0 Å². The van der Waals surface area contributed by atoms with Gasteiger partial charge in [0.15, 0.2) is 0 Å². The van der Waals surface area contributed by atoms with Gasteiger partial charge in [0.25, 0.3) is 11.6 Å². The van der Waals surface area contributed by atoms with Crippen molar-refractivity contribution in [2.45, 2.75) is 51.6 Å². The Kier molecular flexibility index (Phi) is 7.20. The van der Waals surface area contributed by atoms with Crippen molar-refractivity contribution in [2.75, 3.05) is 11.4 Å². The number of nitro benzene ring substituents is 1. The Morgan fingerprint density at radius 1 is 1.15 bits per heavy atom. The topological polar surface area (TPSA) is 114 Å². The molecule has 2 aromatic rings. The summed E-state index contributed by atoms with van der Waals surface area (Å²) in [5.41, 5.74) is 2.49. The van der Waals surface area contributed by atoms with Gasteiger partial charge in [0.1, 0.15) is 5.75 Å². The molecule has 1 aliphatic carbocycles. The van der Waals surface area contributed by atoms with Gasteiger partial charge in [0.05, 0.1) is 16.3 Å². The molecule has 0 bridgehead atoms.